The van der Waals surface area contributed by atoms with Crippen molar-refractivity contribution in [2.75, 3.05) is 16.8 Å². The van der Waals surface area contributed by atoms with E-state index in [1.807, 2.05) is 0 Å². The number of ether oxygens (including phenoxy) is 2. The zero-order valence-corrected chi connectivity index (χ0v) is 17.7. The zero-order valence-electron chi connectivity index (χ0n) is 16.9. The number of nitrogens with zero attached hydrogens (tertiary/aromatic N) is 3. The lowest BCUT2D eigenvalue weighted by molar-refractivity contribution is -0.117. The number of benzene rings is 2. The highest BCUT2D eigenvalue weighted by molar-refractivity contribution is 6.31. The van der Waals surface area contributed by atoms with Crippen LogP contribution in [0, 0.1) is 5.82 Å². The van der Waals surface area contributed by atoms with Crippen molar-refractivity contribution in [2.45, 2.75) is 38.2 Å². The quantitative estimate of drug-likeness (QED) is 0.593. The molecule has 0 spiro atoms. The summed E-state index contributed by atoms with van der Waals surface area (Å²) in [6, 6.07) is 7.66. The van der Waals surface area contributed by atoms with Gasteiger partial charge in [-0.2, -0.15) is 0 Å². The topological polar surface area (TPSA) is 96.8 Å². The minimum atomic E-state index is -0.955. The molecule has 8 nitrogen and oxygen atoms in total. The van der Waals surface area contributed by atoms with Gasteiger partial charge in [-0.15, -0.1) is 0 Å². The van der Waals surface area contributed by atoms with Crippen LogP contribution in [0.15, 0.2) is 36.7 Å². The molecule has 0 radical (unpaired) electrons. The van der Waals surface area contributed by atoms with E-state index in [2.05, 4.69) is 15.3 Å². The number of aromatic nitrogens is 2. The zero-order chi connectivity index (χ0) is 22.2. The van der Waals surface area contributed by atoms with Crippen molar-refractivity contribution < 1.29 is 23.8 Å². The average molecular weight is 459 g/mol. The first-order valence-corrected chi connectivity index (χ1v) is 10.7. The highest BCUT2D eigenvalue weighted by Gasteiger charge is 2.34. The van der Waals surface area contributed by atoms with E-state index in [0.29, 0.717) is 46.9 Å². The van der Waals surface area contributed by atoms with Crippen molar-refractivity contribution in [1.29, 1.82) is 0 Å². The lowest BCUT2D eigenvalue weighted by atomic mass is 10.1. The number of rotatable bonds is 5. The standard InChI is InChI=1S/C22H20ClFN4O4/c23-14-8-12(3-4-15(14)24)27-22-13-9-17(28-19(29)5-6-20(28)30)18(10-16(13)25-11-26-22)32-21-2-1-7-31-21/h3-4,8-11,19,21,29H,1-2,5-7H2,(H,25,26,27)/t19?,21-/m0/s1. The number of nitrogens with one attached hydrogen (secondary N) is 1. The van der Waals surface area contributed by atoms with Gasteiger partial charge in [0.1, 0.15) is 29.9 Å². The number of hydrogen-bond donors (Lipinski definition) is 2. The van der Waals surface area contributed by atoms with Gasteiger partial charge in [0.25, 0.3) is 0 Å². The molecule has 3 heterocycles. The van der Waals surface area contributed by atoms with Crippen LogP contribution in [0.5, 0.6) is 5.75 Å². The summed E-state index contributed by atoms with van der Waals surface area (Å²) >= 11 is 5.90. The molecule has 1 amide bonds. The molecule has 32 heavy (non-hydrogen) atoms. The molecule has 0 bridgehead atoms. The molecule has 2 atom stereocenters. The second-order valence-electron chi connectivity index (χ2n) is 7.66. The fourth-order valence-corrected chi connectivity index (χ4v) is 4.09. The lowest BCUT2D eigenvalue weighted by Crippen LogP contribution is -2.33. The molecule has 5 rings (SSSR count). The van der Waals surface area contributed by atoms with Gasteiger partial charge in [0, 0.05) is 36.4 Å². The van der Waals surface area contributed by atoms with Gasteiger partial charge in [-0.1, -0.05) is 11.6 Å². The third-order valence-electron chi connectivity index (χ3n) is 5.49. The van der Waals surface area contributed by atoms with Crippen LogP contribution in [-0.2, 0) is 9.53 Å². The summed E-state index contributed by atoms with van der Waals surface area (Å²) in [5.74, 6) is 0.104. The Morgan fingerprint density at radius 1 is 1.25 bits per heavy atom. The van der Waals surface area contributed by atoms with E-state index in [-0.39, 0.29) is 17.4 Å². The Morgan fingerprint density at radius 2 is 2.12 bits per heavy atom. The van der Waals surface area contributed by atoms with Crippen molar-refractivity contribution in [3.63, 3.8) is 0 Å². The molecular weight excluding hydrogens is 439 g/mol. The molecule has 0 saturated carbocycles. The minimum absolute atomic E-state index is 0.0212. The summed E-state index contributed by atoms with van der Waals surface area (Å²) in [6.07, 6.45) is 2.20. The largest absolute Gasteiger partial charge is 0.463 e. The molecule has 2 saturated heterocycles. The Kier molecular flexibility index (Phi) is 5.54. The second kappa shape index (κ2) is 8.50. The number of halogens is 2. The van der Waals surface area contributed by atoms with E-state index in [1.165, 1.54) is 23.4 Å². The number of aliphatic hydroxyl groups is 1. The fourth-order valence-electron chi connectivity index (χ4n) is 3.91. The fraction of sp³-hybridized carbons (Fsp3) is 0.318. The van der Waals surface area contributed by atoms with E-state index in [0.717, 1.165) is 12.8 Å². The monoisotopic (exact) mass is 458 g/mol. The normalized spacial score (nSPS) is 20.8. The number of aliphatic hydroxyl groups excluding tert-OH is 1. The number of carbonyl (C=O) groups excluding carboxylic acids is 1. The first kappa shape index (κ1) is 20.9. The predicted molar refractivity (Wildman–Crippen MR) is 117 cm³/mol. The van der Waals surface area contributed by atoms with Crippen LogP contribution in [0.25, 0.3) is 10.9 Å². The van der Waals surface area contributed by atoms with E-state index < -0.39 is 18.3 Å². The van der Waals surface area contributed by atoms with E-state index in [1.54, 1.807) is 18.2 Å². The summed E-state index contributed by atoms with van der Waals surface area (Å²) in [4.78, 5) is 22.5. The highest BCUT2D eigenvalue weighted by atomic mass is 35.5. The van der Waals surface area contributed by atoms with Crippen LogP contribution in [0.3, 0.4) is 0 Å². The second-order valence-corrected chi connectivity index (χ2v) is 8.06. The molecule has 2 aliphatic rings. The van der Waals surface area contributed by atoms with Crippen molar-refractivity contribution >= 4 is 45.6 Å². The summed E-state index contributed by atoms with van der Waals surface area (Å²) in [7, 11) is 0. The van der Waals surface area contributed by atoms with E-state index >= 15 is 0 Å². The predicted octanol–water partition coefficient (Wildman–Crippen LogP) is 4.13. The molecule has 166 valence electrons. The summed E-state index contributed by atoms with van der Waals surface area (Å²) < 4.78 is 25.2. The van der Waals surface area contributed by atoms with Crippen molar-refractivity contribution in [3.8, 4) is 5.75 Å². The maximum atomic E-state index is 13.5. The van der Waals surface area contributed by atoms with Crippen molar-refractivity contribution in [1.82, 2.24) is 9.97 Å². The maximum absolute atomic E-state index is 13.5. The smallest absolute Gasteiger partial charge is 0.229 e. The Morgan fingerprint density at radius 3 is 2.84 bits per heavy atom. The summed E-state index contributed by atoms with van der Waals surface area (Å²) in [5.41, 5.74) is 1.52. The van der Waals surface area contributed by atoms with Gasteiger partial charge >= 0.3 is 0 Å². The van der Waals surface area contributed by atoms with E-state index in [9.17, 15) is 14.3 Å². The summed E-state index contributed by atoms with van der Waals surface area (Å²) in [5, 5.41) is 14.1. The van der Waals surface area contributed by atoms with Crippen LogP contribution in [0.2, 0.25) is 5.02 Å². The number of carbonyl (C=O) groups is 1. The Hall–Kier alpha value is -3.01. The Bertz CT molecular complexity index is 1190. The molecule has 1 unspecified atom stereocenters. The summed E-state index contributed by atoms with van der Waals surface area (Å²) in [6.45, 7) is 0.606. The van der Waals surface area contributed by atoms with Gasteiger partial charge in [-0.25, -0.2) is 14.4 Å². The van der Waals surface area contributed by atoms with Gasteiger partial charge in [-0.3, -0.25) is 9.69 Å². The maximum Gasteiger partial charge on any atom is 0.229 e. The van der Waals surface area contributed by atoms with Crippen LogP contribution in [0.1, 0.15) is 25.7 Å². The average Bonchev–Trinajstić information content (AvgIpc) is 3.40. The number of amides is 1. The molecule has 10 heteroatoms. The number of hydrogen-bond acceptors (Lipinski definition) is 7. The molecule has 2 aromatic carbocycles. The van der Waals surface area contributed by atoms with Crippen LogP contribution in [0.4, 0.5) is 21.6 Å². The number of anilines is 3. The third-order valence-corrected chi connectivity index (χ3v) is 5.78. The van der Waals surface area contributed by atoms with Gasteiger partial charge in [0.2, 0.25) is 5.91 Å². The first-order chi connectivity index (χ1) is 15.5. The van der Waals surface area contributed by atoms with Crippen molar-refractivity contribution in [3.05, 3.63) is 47.5 Å². The van der Waals surface area contributed by atoms with Gasteiger partial charge < -0.3 is 19.9 Å². The molecule has 2 aliphatic heterocycles. The third kappa shape index (κ3) is 3.94. The Balaban J connectivity index is 1.60. The SMILES string of the molecule is O=C1CCC(O)N1c1cc2c(Nc3ccc(F)c(Cl)c3)ncnc2cc1O[C@H]1CCCO1. The minimum Gasteiger partial charge on any atom is -0.463 e. The van der Waals surface area contributed by atoms with Gasteiger partial charge in [0.05, 0.1) is 22.8 Å². The van der Waals surface area contributed by atoms with Gasteiger partial charge in [-0.05, 0) is 30.7 Å². The van der Waals surface area contributed by atoms with Crippen molar-refractivity contribution in [2.24, 2.45) is 0 Å². The molecule has 3 aromatic rings. The molecule has 0 aliphatic carbocycles. The van der Waals surface area contributed by atoms with Crippen LogP contribution in [-0.4, -0.2) is 40.1 Å². The first-order valence-electron chi connectivity index (χ1n) is 10.3. The molecule has 2 fully saturated rings. The van der Waals surface area contributed by atoms with Gasteiger partial charge in [0.15, 0.2) is 6.29 Å². The van der Waals surface area contributed by atoms with E-state index in [4.69, 9.17) is 21.1 Å². The van der Waals surface area contributed by atoms with Crippen LogP contribution < -0.4 is 15.0 Å². The molecule has 2 N–H and O–H groups in total. The molecular formula is C22H20ClFN4O4. The highest BCUT2D eigenvalue weighted by Crippen LogP contribution is 2.40. The molecule has 1 aromatic heterocycles. The Labute approximate surface area is 187 Å². The van der Waals surface area contributed by atoms with Crippen LogP contribution >= 0.6 is 11.6 Å². The number of fused-ring (bicyclic) bond motifs is 1. The lowest BCUT2D eigenvalue weighted by Gasteiger charge is -2.25.